The normalized spacial score (nSPS) is 9.94. The first-order valence-electron chi connectivity index (χ1n) is 5.34. The molecule has 3 nitrogen and oxygen atoms in total. The van der Waals surface area contributed by atoms with Crippen LogP contribution in [0.3, 0.4) is 0 Å². The molecule has 0 aliphatic carbocycles. The Bertz CT molecular complexity index is 390. The SMILES string of the molecule is CSc1ccc(C(=O)NCCCC(N)=S)cc1. The minimum atomic E-state index is -0.0550. The Labute approximate surface area is 111 Å². The first-order chi connectivity index (χ1) is 8.13. The lowest BCUT2D eigenvalue weighted by molar-refractivity contribution is 0.0953. The molecule has 0 aromatic heterocycles. The van der Waals surface area contributed by atoms with E-state index >= 15 is 0 Å². The molecule has 0 heterocycles. The summed E-state index contributed by atoms with van der Waals surface area (Å²) < 4.78 is 0. The zero-order valence-corrected chi connectivity index (χ0v) is 11.4. The van der Waals surface area contributed by atoms with Crippen LogP contribution in [-0.4, -0.2) is 23.7 Å². The number of nitrogens with two attached hydrogens (primary N) is 1. The molecule has 0 aliphatic heterocycles. The molecule has 3 N–H and O–H groups in total. The van der Waals surface area contributed by atoms with Gasteiger partial charge >= 0.3 is 0 Å². The lowest BCUT2D eigenvalue weighted by atomic mass is 10.2. The Morgan fingerprint density at radius 1 is 1.41 bits per heavy atom. The van der Waals surface area contributed by atoms with Crippen LogP contribution in [0.1, 0.15) is 23.2 Å². The number of carbonyl (C=O) groups excluding carboxylic acids is 1. The zero-order chi connectivity index (χ0) is 12.7. The largest absolute Gasteiger partial charge is 0.393 e. The van der Waals surface area contributed by atoms with Crippen molar-refractivity contribution < 1.29 is 4.79 Å². The summed E-state index contributed by atoms with van der Waals surface area (Å²) in [6.45, 7) is 0.598. The van der Waals surface area contributed by atoms with Crippen LogP contribution < -0.4 is 11.1 Å². The predicted octanol–water partition coefficient (Wildman–Crippen LogP) is 2.20. The van der Waals surface area contributed by atoms with Gasteiger partial charge in [-0.15, -0.1) is 11.8 Å². The zero-order valence-electron chi connectivity index (χ0n) is 9.73. The molecule has 0 bridgehead atoms. The van der Waals surface area contributed by atoms with E-state index in [1.807, 2.05) is 30.5 Å². The maximum atomic E-state index is 11.7. The highest BCUT2D eigenvalue weighted by Crippen LogP contribution is 2.14. The monoisotopic (exact) mass is 268 g/mol. The summed E-state index contributed by atoms with van der Waals surface area (Å²) in [5.74, 6) is -0.0550. The summed E-state index contributed by atoms with van der Waals surface area (Å²) in [5, 5.41) is 2.83. The van der Waals surface area contributed by atoms with Gasteiger partial charge in [0, 0.05) is 17.0 Å². The summed E-state index contributed by atoms with van der Waals surface area (Å²) in [5.41, 5.74) is 6.05. The number of thiocarbonyl (C=S) groups is 1. The molecule has 92 valence electrons. The highest BCUT2D eigenvalue weighted by Gasteiger charge is 2.04. The smallest absolute Gasteiger partial charge is 0.251 e. The van der Waals surface area contributed by atoms with E-state index in [2.05, 4.69) is 5.32 Å². The fourth-order valence-corrected chi connectivity index (χ4v) is 1.86. The molecule has 1 aromatic carbocycles. The summed E-state index contributed by atoms with van der Waals surface area (Å²) in [4.78, 5) is 13.3. The Morgan fingerprint density at radius 3 is 2.59 bits per heavy atom. The van der Waals surface area contributed by atoms with Crippen molar-refractivity contribution in [3.63, 3.8) is 0 Å². The van der Waals surface area contributed by atoms with Gasteiger partial charge in [0.15, 0.2) is 0 Å². The van der Waals surface area contributed by atoms with Gasteiger partial charge in [0.2, 0.25) is 0 Å². The molecule has 1 rings (SSSR count). The van der Waals surface area contributed by atoms with Crippen molar-refractivity contribution in [2.45, 2.75) is 17.7 Å². The number of rotatable bonds is 6. The second kappa shape index (κ2) is 7.29. The van der Waals surface area contributed by atoms with Gasteiger partial charge in [-0.2, -0.15) is 0 Å². The van der Waals surface area contributed by atoms with E-state index in [9.17, 15) is 4.79 Å². The van der Waals surface area contributed by atoms with Crippen LogP contribution in [0, 0.1) is 0 Å². The van der Waals surface area contributed by atoms with E-state index in [-0.39, 0.29) is 5.91 Å². The maximum absolute atomic E-state index is 11.7. The molecule has 0 fully saturated rings. The third kappa shape index (κ3) is 5.19. The molecule has 1 aromatic rings. The highest BCUT2D eigenvalue weighted by molar-refractivity contribution is 7.98. The van der Waals surface area contributed by atoms with Gasteiger partial charge in [0.25, 0.3) is 5.91 Å². The number of benzene rings is 1. The van der Waals surface area contributed by atoms with Crippen molar-refractivity contribution in [3.8, 4) is 0 Å². The van der Waals surface area contributed by atoms with E-state index in [0.717, 1.165) is 11.3 Å². The highest BCUT2D eigenvalue weighted by atomic mass is 32.2. The van der Waals surface area contributed by atoms with Crippen molar-refractivity contribution in [1.82, 2.24) is 5.32 Å². The minimum Gasteiger partial charge on any atom is -0.393 e. The van der Waals surface area contributed by atoms with E-state index in [1.165, 1.54) is 0 Å². The van der Waals surface area contributed by atoms with Crippen molar-refractivity contribution in [1.29, 1.82) is 0 Å². The molecule has 0 saturated heterocycles. The van der Waals surface area contributed by atoms with Gasteiger partial charge in [-0.25, -0.2) is 0 Å². The maximum Gasteiger partial charge on any atom is 0.251 e. The quantitative estimate of drug-likeness (QED) is 0.472. The summed E-state index contributed by atoms with van der Waals surface area (Å²) in [6.07, 6.45) is 3.45. The van der Waals surface area contributed by atoms with Gasteiger partial charge in [-0.3, -0.25) is 4.79 Å². The molecule has 1 amide bonds. The number of nitrogens with one attached hydrogen (secondary N) is 1. The molecule has 0 unspecified atom stereocenters. The van der Waals surface area contributed by atoms with Crippen LogP contribution in [0.4, 0.5) is 0 Å². The lowest BCUT2D eigenvalue weighted by Crippen LogP contribution is -2.25. The van der Waals surface area contributed by atoms with Crippen molar-refractivity contribution in [2.75, 3.05) is 12.8 Å². The Morgan fingerprint density at radius 2 is 2.06 bits per heavy atom. The van der Waals surface area contributed by atoms with Crippen LogP contribution >= 0.6 is 24.0 Å². The van der Waals surface area contributed by atoms with Crippen LogP contribution in [0.15, 0.2) is 29.2 Å². The molecule has 0 aliphatic rings. The van der Waals surface area contributed by atoms with Crippen LogP contribution in [0.25, 0.3) is 0 Å². The van der Waals surface area contributed by atoms with E-state index in [0.29, 0.717) is 23.5 Å². The first kappa shape index (κ1) is 14.0. The summed E-state index contributed by atoms with van der Waals surface area (Å²) in [6, 6.07) is 7.53. The van der Waals surface area contributed by atoms with Crippen LogP contribution in [-0.2, 0) is 0 Å². The number of thioether (sulfide) groups is 1. The Kier molecular flexibility index (Phi) is 6.00. The van der Waals surface area contributed by atoms with Gasteiger partial charge in [-0.1, -0.05) is 12.2 Å². The second-order valence-electron chi connectivity index (χ2n) is 3.55. The Balaban J connectivity index is 2.38. The summed E-state index contributed by atoms with van der Waals surface area (Å²) >= 11 is 6.41. The molecule has 17 heavy (non-hydrogen) atoms. The van der Waals surface area contributed by atoms with E-state index < -0.39 is 0 Å². The van der Waals surface area contributed by atoms with E-state index in [4.69, 9.17) is 18.0 Å². The van der Waals surface area contributed by atoms with Gasteiger partial charge < -0.3 is 11.1 Å². The van der Waals surface area contributed by atoms with Gasteiger partial charge in [-0.05, 0) is 43.4 Å². The fraction of sp³-hybridized carbons (Fsp3) is 0.333. The standard InChI is InChI=1S/C12H16N2OS2/c1-17-10-6-4-9(5-7-10)12(15)14-8-2-3-11(13)16/h4-7H,2-3,8H2,1H3,(H2,13,16)(H,14,15). The topological polar surface area (TPSA) is 55.1 Å². The van der Waals surface area contributed by atoms with Crippen LogP contribution in [0.5, 0.6) is 0 Å². The van der Waals surface area contributed by atoms with Crippen molar-refractivity contribution >= 4 is 34.9 Å². The minimum absolute atomic E-state index is 0.0550. The average molecular weight is 268 g/mol. The molecular weight excluding hydrogens is 252 g/mol. The predicted molar refractivity (Wildman–Crippen MR) is 76.6 cm³/mol. The number of amides is 1. The molecule has 0 radical (unpaired) electrons. The molecule has 0 saturated carbocycles. The van der Waals surface area contributed by atoms with Crippen molar-refractivity contribution in [2.24, 2.45) is 5.73 Å². The Hall–Kier alpha value is -1.07. The molecular formula is C12H16N2OS2. The lowest BCUT2D eigenvalue weighted by Gasteiger charge is -2.05. The van der Waals surface area contributed by atoms with Crippen molar-refractivity contribution in [3.05, 3.63) is 29.8 Å². The van der Waals surface area contributed by atoms with E-state index in [1.54, 1.807) is 11.8 Å². The fourth-order valence-electron chi connectivity index (χ4n) is 1.31. The molecule has 5 heteroatoms. The first-order valence-corrected chi connectivity index (χ1v) is 6.97. The third-order valence-corrected chi connectivity index (χ3v) is 3.19. The third-order valence-electron chi connectivity index (χ3n) is 2.24. The van der Waals surface area contributed by atoms with Gasteiger partial charge in [0.05, 0.1) is 4.99 Å². The molecule has 0 atom stereocenters. The average Bonchev–Trinajstić information content (AvgIpc) is 2.34. The van der Waals surface area contributed by atoms with Crippen LogP contribution in [0.2, 0.25) is 0 Å². The molecule has 0 spiro atoms. The number of hydrogen-bond acceptors (Lipinski definition) is 3. The van der Waals surface area contributed by atoms with Gasteiger partial charge in [0.1, 0.15) is 0 Å². The number of hydrogen-bond donors (Lipinski definition) is 2. The second-order valence-corrected chi connectivity index (χ2v) is 4.96. The summed E-state index contributed by atoms with van der Waals surface area (Å²) in [7, 11) is 0. The number of carbonyl (C=O) groups is 1.